The summed E-state index contributed by atoms with van der Waals surface area (Å²) in [5, 5.41) is 0. The summed E-state index contributed by atoms with van der Waals surface area (Å²) in [6, 6.07) is 0. The van der Waals surface area contributed by atoms with Crippen LogP contribution in [-0.2, 0) is 0 Å². The molecule has 1 heteroatoms. The molecule has 0 saturated carbocycles. The Kier molecular flexibility index (Phi) is 4.74. The first kappa shape index (κ1) is 11.0. The molecule has 0 amide bonds. The van der Waals surface area contributed by atoms with Gasteiger partial charge in [0.2, 0.25) is 0 Å². The Hall–Kier alpha value is -0.0400. The smallest absolute Gasteiger partial charge is 0.0125 e. The third kappa shape index (κ3) is 4.41. The highest BCUT2D eigenvalue weighted by atomic mass is 14.7. The molecule has 0 aromatic rings. The van der Waals surface area contributed by atoms with Gasteiger partial charge < -0.3 is 5.73 Å². The third-order valence-electron chi connectivity index (χ3n) is 2.33. The van der Waals surface area contributed by atoms with Crippen LogP contribution in [0.25, 0.3) is 0 Å². The Morgan fingerprint density at radius 1 is 1.09 bits per heavy atom. The first-order chi connectivity index (χ1) is 5.02. The lowest BCUT2D eigenvalue weighted by Gasteiger charge is -2.30. The van der Waals surface area contributed by atoms with Crippen LogP contribution >= 0.6 is 0 Å². The van der Waals surface area contributed by atoms with Gasteiger partial charge in [-0.25, -0.2) is 0 Å². The van der Waals surface area contributed by atoms with E-state index in [1.807, 2.05) is 0 Å². The maximum atomic E-state index is 6.05. The summed E-state index contributed by atoms with van der Waals surface area (Å²) in [7, 11) is 0. The molecule has 11 heavy (non-hydrogen) atoms. The van der Waals surface area contributed by atoms with Crippen LogP contribution in [0.3, 0.4) is 0 Å². The van der Waals surface area contributed by atoms with Crippen molar-refractivity contribution in [2.45, 2.75) is 58.9 Å². The van der Waals surface area contributed by atoms with Crippen LogP contribution in [-0.4, -0.2) is 5.54 Å². The normalized spacial score (nSPS) is 12.5. The predicted molar refractivity (Wildman–Crippen MR) is 51.6 cm³/mol. The molecule has 0 spiro atoms. The first-order valence-corrected chi connectivity index (χ1v) is 4.81. The first-order valence-electron chi connectivity index (χ1n) is 4.81. The lowest BCUT2D eigenvalue weighted by atomic mass is 9.82. The average molecular weight is 157 g/mol. The van der Waals surface area contributed by atoms with Crippen molar-refractivity contribution in [2.24, 2.45) is 11.7 Å². The molecule has 0 fully saturated rings. The van der Waals surface area contributed by atoms with Crippen LogP contribution in [0.15, 0.2) is 0 Å². The summed E-state index contributed by atoms with van der Waals surface area (Å²) >= 11 is 0. The summed E-state index contributed by atoms with van der Waals surface area (Å²) in [6.45, 7) is 8.74. The van der Waals surface area contributed by atoms with E-state index in [1.54, 1.807) is 0 Å². The van der Waals surface area contributed by atoms with Crippen molar-refractivity contribution >= 4 is 0 Å². The minimum atomic E-state index is 0.0199. The van der Waals surface area contributed by atoms with Crippen LogP contribution in [0.5, 0.6) is 0 Å². The van der Waals surface area contributed by atoms with Crippen molar-refractivity contribution in [3.63, 3.8) is 0 Å². The van der Waals surface area contributed by atoms with Crippen LogP contribution in [0, 0.1) is 5.92 Å². The Labute approximate surface area is 71.4 Å². The van der Waals surface area contributed by atoms with E-state index in [0.717, 1.165) is 0 Å². The van der Waals surface area contributed by atoms with Gasteiger partial charge in [-0.2, -0.15) is 0 Å². The van der Waals surface area contributed by atoms with Crippen LogP contribution in [0.2, 0.25) is 0 Å². The highest BCUT2D eigenvalue weighted by Gasteiger charge is 2.22. The fraction of sp³-hybridized carbons (Fsp3) is 1.00. The summed E-state index contributed by atoms with van der Waals surface area (Å²) in [4.78, 5) is 0. The number of hydrogen-bond acceptors (Lipinski definition) is 1. The van der Waals surface area contributed by atoms with E-state index in [-0.39, 0.29) is 5.54 Å². The number of rotatable bonds is 5. The Bertz CT molecular complexity index is 85.5. The maximum Gasteiger partial charge on any atom is 0.0125 e. The van der Waals surface area contributed by atoms with Gasteiger partial charge in [-0.1, -0.05) is 26.7 Å². The molecular formula is C10H23N. The van der Waals surface area contributed by atoms with Gasteiger partial charge in [-0.3, -0.25) is 0 Å². The minimum Gasteiger partial charge on any atom is -0.325 e. The second-order valence-electron chi connectivity index (χ2n) is 4.10. The highest BCUT2D eigenvalue weighted by Crippen LogP contribution is 2.23. The molecule has 0 saturated heterocycles. The second kappa shape index (κ2) is 4.76. The van der Waals surface area contributed by atoms with Gasteiger partial charge in [0.1, 0.15) is 0 Å². The van der Waals surface area contributed by atoms with Crippen LogP contribution in [0.4, 0.5) is 0 Å². The quantitative estimate of drug-likeness (QED) is 0.652. The molecule has 68 valence electrons. The molecular weight excluding hydrogens is 134 g/mol. The molecule has 0 unspecified atom stereocenters. The van der Waals surface area contributed by atoms with E-state index in [1.165, 1.54) is 25.7 Å². The van der Waals surface area contributed by atoms with E-state index in [0.29, 0.717) is 5.92 Å². The Balaban J connectivity index is 3.88. The zero-order valence-corrected chi connectivity index (χ0v) is 8.48. The predicted octanol–water partition coefficient (Wildman–Crippen LogP) is 2.94. The molecule has 0 rings (SSSR count). The van der Waals surface area contributed by atoms with E-state index >= 15 is 0 Å². The van der Waals surface area contributed by atoms with Crippen molar-refractivity contribution in [3.8, 4) is 0 Å². The number of nitrogens with two attached hydrogens (primary N) is 1. The van der Waals surface area contributed by atoms with Crippen LogP contribution in [0.1, 0.15) is 53.4 Å². The molecule has 1 nitrogen and oxygen atoms in total. The lowest BCUT2D eigenvalue weighted by molar-refractivity contribution is 0.279. The van der Waals surface area contributed by atoms with E-state index in [2.05, 4.69) is 27.7 Å². The molecule has 2 N–H and O–H groups in total. The second-order valence-corrected chi connectivity index (χ2v) is 4.10. The SMILES string of the molecule is CCCC(CCC)C(C)(C)N. The topological polar surface area (TPSA) is 26.0 Å². The van der Waals surface area contributed by atoms with E-state index in [4.69, 9.17) is 5.73 Å². The summed E-state index contributed by atoms with van der Waals surface area (Å²) in [5.41, 5.74) is 6.07. The van der Waals surface area contributed by atoms with Gasteiger partial charge >= 0.3 is 0 Å². The van der Waals surface area contributed by atoms with Gasteiger partial charge in [0.15, 0.2) is 0 Å². The zero-order valence-electron chi connectivity index (χ0n) is 8.48. The standard InChI is InChI=1S/C10H23N/c1-5-7-9(8-6-2)10(3,4)11/h9H,5-8,11H2,1-4H3. The monoisotopic (exact) mass is 157 g/mol. The van der Waals surface area contributed by atoms with Crippen molar-refractivity contribution in [1.29, 1.82) is 0 Å². The lowest BCUT2D eigenvalue weighted by Crippen LogP contribution is -2.40. The fourth-order valence-corrected chi connectivity index (χ4v) is 1.59. The molecule has 0 aliphatic rings. The third-order valence-corrected chi connectivity index (χ3v) is 2.33. The molecule has 0 heterocycles. The van der Waals surface area contributed by atoms with Gasteiger partial charge in [0.25, 0.3) is 0 Å². The summed E-state index contributed by atoms with van der Waals surface area (Å²) in [6.07, 6.45) is 5.06. The van der Waals surface area contributed by atoms with Crippen molar-refractivity contribution in [3.05, 3.63) is 0 Å². The molecule has 0 aromatic heterocycles. The largest absolute Gasteiger partial charge is 0.325 e. The Morgan fingerprint density at radius 3 is 1.64 bits per heavy atom. The average Bonchev–Trinajstić information content (AvgIpc) is 1.85. The minimum absolute atomic E-state index is 0.0199. The summed E-state index contributed by atoms with van der Waals surface area (Å²) < 4.78 is 0. The molecule has 0 atom stereocenters. The van der Waals surface area contributed by atoms with Crippen molar-refractivity contribution in [2.75, 3.05) is 0 Å². The van der Waals surface area contributed by atoms with Gasteiger partial charge in [0, 0.05) is 5.54 Å². The van der Waals surface area contributed by atoms with Crippen molar-refractivity contribution in [1.82, 2.24) is 0 Å². The van der Waals surface area contributed by atoms with E-state index < -0.39 is 0 Å². The van der Waals surface area contributed by atoms with Gasteiger partial charge in [-0.15, -0.1) is 0 Å². The maximum absolute atomic E-state index is 6.05. The number of hydrogen-bond donors (Lipinski definition) is 1. The molecule has 0 aliphatic carbocycles. The van der Waals surface area contributed by atoms with E-state index in [9.17, 15) is 0 Å². The molecule has 0 bridgehead atoms. The van der Waals surface area contributed by atoms with Gasteiger partial charge in [-0.05, 0) is 32.6 Å². The van der Waals surface area contributed by atoms with Crippen molar-refractivity contribution < 1.29 is 0 Å². The Morgan fingerprint density at radius 2 is 1.45 bits per heavy atom. The highest BCUT2D eigenvalue weighted by molar-refractivity contribution is 4.81. The molecule has 0 aromatic carbocycles. The fourth-order valence-electron chi connectivity index (χ4n) is 1.59. The van der Waals surface area contributed by atoms with Crippen LogP contribution < -0.4 is 5.73 Å². The molecule has 0 radical (unpaired) electrons. The summed E-state index contributed by atoms with van der Waals surface area (Å²) in [5.74, 6) is 0.706. The zero-order chi connectivity index (χ0) is 8.91. The van der Waals surface area contributed by atoms with Gasteiger partial charge in [0.05, 0.1) is 0 Å². The molecule has 0 aliphatic heterocycles.